The van der Waals surface area contributed by atoms with Gasteiger partial charge < -0.3 is 10.2 Å². The molecule has 1 heterocycles. The van der Waals surface area contributed by atoms with E-state index in [9.17, 15) is 4.79 Å². The second-order valence-corrected chi connectivity index (χ2v) is 11.0. The minimum Gasteiger partial charge on any atom is -0.378 e. The number of benzene rings is 2. The fraction of sp³-hybridized carbons (Fsp3) is 0.500. The average Bonchev–Trinajstić information content (AvgIpc) is 2.76. The molecule has 1 N–H and O–H groups in total. The molecule has 0 aromatic heterocycles. The Morgan fingerprint density at radius 1 is 0.943 bits per heavy atom. The Bertz CT molecular complexity index is 939. The number of hydrogen-bond acceptors (Lipinski definition) is 4. The van der Waals surface area contributed by atoms with Gasteiger partial charge in [0.1, 0.15) is 0 Å². The highest BCUT2D eigenvalue weighted by atomic mass is 35.5. The first-order chi connectivity index (χ1) is 15.5. The molecule has 1 aliphatic rings. The maximum atomic E-state index is 13.0. The van der Waals surface area contributed by atoms with E-state index in [0.29, 0.717) is 15.6 Å². The van der Waals surface area contributed by atoms with Crippen LogP contribution in [-0.2, 0) is 6.54 Å². The van der Waals surface area contributed by atoms with E-state index < -0.39 is 0 Å². The Kier molecular flexibility index (Phi) is 12.7. The van der Waals surface area contributed by atoms with Gasteiger partial charge in [-0.2, -0.15) is 0 Å². The van der Waals surface area contributed by atoms with Crippen molar-refractivity contribution in [2.45, 2.75) is 33.4 Å². The molecule has 0 radical (unpaired) electrons. The molecule has 0 bridgehead atoms. The molecule has 1 saturated heterocycles. The molecule has 0 aliphatic carbocycles. The summed E-state index contributed by atoms with van der Waals surface area (Å²) in [4.78, 5) is 19.9. The lowest BCUT2D eigenvalue weighted by atomic mass is 9.86. The van der Waals surface area contributed by atoms with Crippen molar-refractivity contribution in [3.63, 3.8) is 0 Å². The topological polar surface area (TPSA) is 38.8 Å². The third-order valence-corrected chi connectivity index (χ3v) is 7.03. The van der Waals surface area contributed by atoms with Crippen LogP contribution in [0.3, 0.4) is 0 Å². The number of anilines is 1. The molecule has 1 fully saturated rings. The smallest absolute Gasteiger partial charge is 0.251 e. The molecule has 1 amide bonds. The summed E-state index contributed by atoms with van der Waals surface area (Å²) in [5.41, 5.74) is 2.91. The van der Waals surface area contributed by atoms with Gasteiger partial charge in [-0.05, 0) is 47.4 Å². The Morgan fingerprint density at radius 3 is 2.03 bits per heavy atom. The molecule has 0 unspecified atom stereocenters. The van der Waals surface area contributed by atoms with Crippen molar-refractivity contribution < 1.29 is 4.79 Å². The zero-order valence-corrected chi connectivity index (χ0v) is 24.3. The molecular weight excluding hydrogens is 526 g/mol. The lowest BCUT2D eigenvalue weighted by molar-refractivity contribution is 0.0790. The molecule has 3 rings (SSSR count). The summed E-state index contributed by atoms with van der Waals surface area (Å²) in [5.74, 6) is -0.0153. The number of nitrogens with one attached hydrogen (secondary N) is 1. The van der Waals surface area contributed by atoms with Crippen molar-refractivity contribution in [3.8, 4) is 0 Å². The molecule has 2 aromatic rings. The minimum atomic E-state index is -0.0452. The van der Waals surface area contributed by atoms with Crippen LogP contribution >= 0.6 is 48.0 Å². The van der Waals surface area contributed by atoms with Crippen LogP contribution in [0.15, 0.2) is 42.5 Å². The number of nitrogens with zero attached hydrogens (tertiary/aromatic N) is 3. The van der Waals surface area contributed by atoms with Gasteiger partial charge in [-0.3, -0.25) is 14.6 Å². The summed E-state index contributed by atoms with van der Waals surface area (Å²) in [6.07, 6.45) is 0. The lowest BCUT2D eigenvalue weighted by Crippen LogP contribution is -2.54. The number of carbonyl (C=O) groups excluding carboxylic acids is 1. The van der Waals surface area contributed by atoms with Gasteiger partial charge >= 0.3 is 0 Å². The molecule has 5 nitrogen and oxygen atoms in total. The van der Waals surface area contributed by atoms with Crippen molar-refractivity contribution in [1.29, 1.82) is 0 Å². The summed E-state index contributed by atoms with van der Waals surface area (Å²) in [6, 6.07) is 13.7. The van der Waals surface area contributed by atoms with Crippen molar-refractivity contribution in [2.75, 3.05) is 51.7 Å². The highest BCUT2D eigenvalue weighted by Crippen LogP contribution is 2.24. The molecule has 1 atom stereocenters. The van der Waals surface area contributed by atoms with E-state index in [0.717, 1.165) is 45.0 Å². The Labute approximate surface area is 232 Å². The second kappa shape index (κ2) is 13.9. The van der Waals surface area contributed by atoms with E-state index in [2.05, 4.69) is 35.9 Å². The van der Waals surface area contributed by atoms with Crippen LogP contribution in [0.1, 0.15) is 36.7 Å². The second-order valence-electron chi connectivity index (χ2n) is 10.2. The van der Waals surface area contributed by atoms with Crippen molar-refractivity contribution in [2.24, 2.45) is 5.41 Å². The zero-order chi connectivity index (χ0) is 24.2. The molecule has 0 spiro atoms. The van der Waals surface area contributed by atoms with Gasteiger partial charge in [0.2, 0.25) is 0 Å². The first-order valence-corrected chi connectivity index (χ1v) is 12.3. The van der Waals surface area contributed by atoms with Crippen LogP contribution in [0.2, 0.25) is 10.0 Å². The standard InChI is InChI=1S/C26H36Cl2N4O.2ClH/c1-26(2,3)24(29-25(33)20-7-9-21(10-8-20)30(4)5)18-32-14-12-31(13-15-32)17-19-6-11-22(27)23(28)16-19;;/h6-11,16,24H,12-15,17-18H2,1-5H3,(H,29,33);2*1H/t24-;;/m1../s1. The van der Waals surface area contributed by atoms with Gasteiger partial charge in [0.05, 0.1) is 10.0 Å². The quantitative estimate of drug-likeness (QED) is 0.457. The van der Waals surface area contributed by atoms with E-state index in [4.69, 9.17) is 23.2 Å². The number of piperazine rings is 1. The van der Waals surface area contributed by atoms with E-state index >= 15 is 0 Å². The maximum Gasteiger partial charge on any atom is 0.251 e. The van der Waals surface area contributed by atoms with Gasteiger partial charge in [-0.25, -0.2) is 0 Å². The van der Waals surface area contributed by atoms with Crippen LogP contribution in [0, 0.1) is 5.41 Å². The minimum absolute atomic E-state index is 0. The fourth-order valence-electron chi connectivity index (χ4n) is 3.97. The van der Waals surface area contributed by atoms with E-state index in [1.165, 1.54) is 5.56 Å². The third-order valence-electron chi connectivity index (χ3n) is 6.29. The Morgan fingerprint density at radius 2 is 1.51 bits per heavy atom. The highest BCUT2D eigenvalue weighted by molar-refractivity contribution is 6.42. The monoisotopic (exact) mass is 562 g/mol. The van der Waals surface area contributed by atoms with E-state index in [1.807, 2.05) is 61.5 Å². The highest BCUT2D eigenvalue weighted by Gasteiger charge is 2.30. The first kappa shape index (κ1) is 31.8. The van der Waals surface area contributed by atoms with Gasteiger partial charge in [-0.1, -0.05) is 50.0 Å². The number of carbonyl (C=O) groups is 1. The molecule has 0 saturated carbocycles. The van der Waals surface area contributed by atoms with Gasteiger partial charge in [0.15, 0.2) is 0 Å². The number of rotatable bonds is 7. The molecule has 35 heavy (non-hydrogen) atoms. The van der Waals surface area contributed by atoms with E-state index in [1.54, 1.807) is 0 Å². The van der Waals surface area contributed by atoms with Crippen molar-refractivity contribution >= 4 is 59.6 Å². The van der Waals surface area contributed by atoms with Crippen molar-refractivity contribution in [3.05, 3.63) is 63.6 Å². The normalized spacial score (nSPS) is 15.5. The SMILES string of the molecule is CN(C)c1ccc(C(=O)N[C@H](CN2CCN(Cc3ccc(Cl)c(Cl)c3)CC2)C(C)(C)C)cc1.Cl.Cl. The summed E-state index contributed by atoms with van der Waals surface area (Å²) in [6.45, 7) is 12.2. The summed E-state index contributed by atoms with van der Waals surface area (Å²) in [5, 5.41) is 4.49. The predicted octanol–water partition coefficient (Wildman–Crippen LogP) is 5.87. The predicted molar refractivity (Wildman–Crippen MR) is 154 cm³/mol. The third kappa shape index (κ3) is 9.31. The molecular formula is C26H38Cl4N4O. The lowest BCUT2D eigenvalue weighted by Gasteiger charge is -2.40. The number of amides is 1. The van der Waals surface area contributed by atoms with Gasteiger partial charge in [-0.15, -0.1) is 24.8 Å². The summed E-state index contributed by atoms with van der Waals surface area (Å²) >= 11 is 12.2. The largest absolute Gasteiger partial charge is 0.378 e. The van der Waals surface area contributed by atoms with Crippen LogP contribution in [-0.4, -0.2) is 68.6 Å². The Balaban J connectivity index is 0.00000306. The molecule has 9 heteroatoms. The molecule has 196 valence electrons. The Hall–Kier alpha value is -1.21. The van der Waals surface area contributed by atoms with Crippen LogP contribution in [0.25, 0.3) is 0 Å². The van der Waals surface area contributed by atoms with Crippen LogP contribution in [0.5, 0.6) is 0 Å². The summed E-state index contributed by atoms with van der Waals surface area (Å²) in [7, 11) is 3.99. The molecule has 1 aliphatic heterocycles. The zero-order valence-electron chi connectivity index (χ0n) is 21.2. The van der Waals surface area contributed by atoms with E-state index in [-0.39, 0.29) is 42.2 Å². The maximum absolute atomic E-state index is 13.0. The number of halogens is 4. The van der Waals surface area contributed by atoms with Crippen molar-refractivity contribution in [1.82, 2.24) is 15.1 Å². The van der Waals surface area contributed by atoms with Crippen LogP contribution < -0.4 is 10.2 Å². The fourth-order valence-corrected chi connectivity index (χ4v) is 4.29. The summed E-state index contributed by atoms with van der Waals surface area (Å²) < 4.78 is 0. The molecule has 2 aromatic carbocycles. The average molecular weight is 564 g/mol. The van der Waals surface area contributed by atoms with Crippen LogP contribution in [0.4, 0.5) is 5.69 Å². The number of hydrogen-bond donors (Lipinski definition) is 1. The van der Waals surface area contributed by atoms with Gasteiger partial charge in [0.25, 0.3) is 5.91 Å². The van der Waals surface area contributed by atoms with Gasteiger partial charge in [0, 0.05) is 70.7 Å². The first-order valence-electron chi connectivity index (χ1n) is 11.5.